The monoisotopic (exact) mass is 280 g/mol. The van der Waals surface area contributed by atoms with Crippen molar-refractivity contribution < 1.29 is 0 Å². The predicted octanol–water partition coefficient (Wildman–Crippen LogP) is 4.17. The molecule has 0 aliphatic rings. The number of nitriles is 1. The SMILES string of the molecule is CCCC(C)CNc1ccc(C#N)cc1Br. The van der Waals surface area contributed by atoms with Gasteiger partial charge in [-0.3, -0.25) is 0 Å². The third-order valence-electron chi connectivity index (χ3n) is 2.52. The summed E-state index contributed by atoms with van der Waals surface area (Å²) in [5.41, 5.74) is 1.74. The average Bonchev–Trinajstić information content (AvgIpc) is 2.27. The molecule has 3 heteroatoms. The largest absolute Gasteiger partial charge is 0.384 e. The Labute approximate surface area is 106 Å². The van der Waals surface area contributed by atoms with Crippen LogP contribution in [0.3, 0.4) is 0 Å². The summed E-state index contributed by atoms with van der Waals surface area (Å²) < 4.78 is 0.954. The van der Waals surface area contributed by atoms with E-state index in [2.05, 4.69) is 41.2 Å². The molecule has 1 atom stereocenters. The predicted molar refractivity (Wildman–Crippen MR) is 71.4 cm³/mol. The van der Waals surface area contributed by atoms with Crippen LogP contribution in [0.4, 0.5) is 5.69 Å². The second-order valence-electron chi connectivity index (χ2n) is 4.08. The second kappa shape index (κ2) is 6.55. The average molecular weight is 281 g/mol. The zero-order valence-corrected chi connectivity index (χ0v) is 11.3. The van der Waals surface area contributed by atoms with Gasteiger partial charge in [0.05, 0.1) is 11.6 Å². The number of benzene rings is 1. The Hall–Kier alpha value is -1.01. The Bertz CT molecular complexity index is 382. The van der Waals surface area contributed by atoms with Crippen molar-refractivity contribution in [2.75, 3.05) is 11.9 Å². The van der Waals surface area contributed by atoms with E-state index in [0.717, 1.165) is 16.7 Å². The molecule has 0 spiro atoms. The Morgan fingerprint density at radius 2 is 2.25 bits per heavy atom. The van der Waals surface area contributed by atoms with Gasteiger partial charge in [-0.1, -0.05) is 20.3 Å². The molecule has 0 aliphatic carbocycles. The lowest BCUT2D eigenvalue weighted by molar-refractivity contribution is 0.550. The summed E-state index contributed by atoms with van der Waals surface area (Å²) in [5.74, 6) is 0.674. The van der Waals surface area contributed by atoms with Crippen molar-refractivity contribution in [1.29, 1.82) is 5.26 Å². The summed E-state index contributed by atoms with van der Waals surface area (Å²) in [5, 5.41) is 12.1. The van der Waals surface area contributed by atoms with E-state index < -0.39 is 0 Å². The van der Waals surface area contributed by atoms with Crippen LogP contribution in [0.25, 0.3) is 0 Å². The molecule has 1 unspecified atom stereocenters. The molecule has 1 aromatic rings. The van der Waals surface area contributed by atoms with Gasteiger partial charge in [0.2, 0.25) is 0 Å². The Balaban J connectivity index is 2.58. The molecule has 0 aliphatic heterocycles. The molecule has 0 heterocycles. The van der Waals surface area contributed by atoms with E-state index in [1.165, 1.54) is 12.8 Å². The molecule has 0 radical (unpaired) electrons. The van der Waals surface area contributed by atoms with Crippen molar-refractivity contribution in [1.82, 2.24) is 0 Å². The number of nitrogens with one attached hydrogen (secondary N) is 1. The van der Waals surface area contributed by atoms with E-state index in [9.17, 15) is 0 Å². The number of hydrogen-bond acceptors (Lipinski definition) is 2. The minimum absolute atomic E-state index is 0.674. The van der Waals surface area contributed by atoms with E-state index in [-0.39, 0.29) is 0 Å². The quantitative estimate of drug-likeness (QED) is 0.879. The van der Waals surface area contributed by atoms with E-state index >= 15 is 0 Å². The maximum absolute atomic E-state index is 8.75. The smallest absolute Gasteiger partial charge is 0.0992 e. The zero-order valence-electron chi connectivity index (χ0n) is 9.76. The van der Waals surface area contributed by atoms with Crippen LogP contribution in [0.1, 0.15) is 32.3 Å². The molecule has 0 bridgehead atoms. The summed E-state index contributed by atoms with van der Waals surface area (Å²) in [4.78, 5) is 0. The fraction of sp³-hybridized carbons (Fsp3) is 0.462. The number of nitrogens with zero attached hydrogens (tertiary/aromatic N) is 1. The minimum atomic E-state index is 0.674. The molecule has 0 saturated carbocycles. The van der Waals surface area contributed by atoms with Gasteiger partial charge in [-0.05, 0) is 46.5 Å². The lowest BCUT2D eigenvalue weighted by Crippen LogP contribution is -2.11. The number of rotatable bonds is 5. The molecule has 16 heavy (non-hydrogen) atoms. The first kappa shape index (κ1) is 13.1. The molecule has 0 amide bonds. The van der Waals surface area contributed by atoms with Crippen molar-refractivity contribution in [3.63, 3.8) is 0 Å². The molecular formula is C13H17BrN2. The highest BCUT2D eigenvalue weighted by molar-refractivity contribution is 9.10. The van der Waals surface area contributed by atoms with Crippen LogP contribution < -0.4 is 5.32 Å². The van der Waals surface area contributed by atoms with Gasteiger partial charge < -0.3 is 5.32 Å². The highest BCUT2D eigenvalue weighted by Gasteiger charge is 2.03. The molecule has 0 aromatic heterocycles. The van der Waals surface area contributed by atoms with Gasteiger partial charge in [-0.25, -0.2) is 0 Å². The standard InChI is InChI=1S/C13H17BrN2/c1-3-4-10(2)9-16-13-6-5-11(8-15)7-12(13)14/h5-7,10,16H,3-4,9H2,1-2H3. The lowest BCUT2D eigenvalue weighted by atomic mass is 10.1. The normalized spacial score (nSPS) is 11.9. The Morgan fingerprint density at radius 1 is 1.50 bits per heavy atom. The highest BCUT2D eigenvalue weighted by Crippen LogP contribution is 2.23. The lowest BCUT2D eigenvalue weighted by Gasteiger charge is -2.13. The van der Waals surface area contributed by atoms with E-state index in [4.69, 9.17) is 5.26 Å². The van der Waals surface area contributed by atoms with E-state index in [0.29, 0.717) is 11.5 Å². The molecule has 0 saturated heterocycles. The summed E-state index contributed by atoms with van der Waals surface area (Å²) >= 11 is 3.46. The van der Waals surface area contributed by atoms with Gasteiger partial charge in [-0.2, -0.15) is 5.26 Å². The fourth-order valence-corrected chi connectivity index (χ4v) is 2.13. The number of hydrogen-bond donors (Lipinski definition) is 1. The van der Waals surface area contributed by atoms with Crippen LogP contribution >= 0.6 is 15.9 Å². The molecule has 2 nitrogen and oxygen atoms in total. The highest BCUT2D eigenvalue weighted by atomic mass is 79.9. The van der Waals surface area contributed by atoms with Crippen molar-refractivity contribution in [2.45, 2.75) is 26.7 Å². The first-order chi connectivity index (χ1) is 7.67. The summed E-state index contributed by atoms with van der Waals surface area (Å²) in [6, 6.07) is 7.74. The summed E-state index contributed by atoms with van der Waals surface area (Å²) in [6.45, 7) is 5.42. The third kappa shape index (κ3) is 3.86. The van der Waals surface area contributed by atoms with Crippen molar-refractivity contribution in [2.24, 2.45) is 5.92 Å². The van der Waals surface area contributed by atoms with E-state index in [1.54, 1.807) is 0 Å². The van der Waals surface area contributed by atoms with Crippen molar-refractivity contribution >= 4 is 21.6 Å². The maximum Gasteiger partial charge on any atom is 0.0992 e. The zero-order chi connectivity index (χ0) is 12.0. The first-order valence-corrected chi connectivity index (χ1v) is 6.40. The Morgan fingerprint density at radius 3 is 2.81 bits per heavy atom. The van der Waals surface area contributed by atoms with Crippen LogP contribution in [-0.4, -0.2) is 6.54 Å². The topological polar surface area (TPSA) is 35.8 Å². The summed E-state index contributed by atoms with van der Waals surface area (Å²) in [6.07, 6.45) is 2.46. The number of anilines is 1. The molecule has 1 aromatic carbocycles. The minimum Gasteiger partial charge on any atom is -0.384 e. The molecule has 1 N–H and O–H groups in total. The number of halogens is 1. The fourth-order valence-electron chi connectivity index (χ4n) is 1.61. The van der Waals surface area contributed by atoms with Crippen LogP contribution in [0.5, 0.6) is 0 Å². The van der Waals surface area contributed by atoms with Gasteiger partial charge in [0.25, 0.3) is 0 Å². The maximum atomic E-state index is 8.75. The van der Waals surface area contributed by atoms with Gasteiger partial charge >= 0.3 is 0 Å². The molecule has 86 valence electrons. The second-order valence-corrected chi connectivity index (χ2v) is 4.94. The molecular weight excluding hydrogens is 264 g/mol. The van der Waals surface area contributed by atoms with Gasteiger partial charge in [-0.15, -0.1) is 0 Å². The van der Waals surface area contributed by atoms with Crippen LogP contribution in [0.15, 0.2) is 22.7 Å². The van der Waals surface area contributed by atoms with Gasteiger partial charge in [0.1, 0.15) is 0 Å². The van der Waals surface area contributed by atoms with Crippen molar-refractivity contribution in [3.05, 3.63) is 28.2 Å². The van der Waals surface area contributed by atoms with Crippen LogP contribution in [0.2, 0.25) is 0 Å². The summed E-state index contributed by atoms with van der Waals surface area (Å²) in [7, 11) is 0. The first-order valence-electron chi connectivity index (χ1n) is 5.61. The Kier molecular flexibility index (Phi) is 5.34. The molecule has 1 rings (SSSR count). The van der Waals surface area contributed by atoms with Gasteiger partial charge in [0.15, 0.2) is 0 Å². The van der Waals surface area contributed by atoms with Crippen LogP contribution in [0, 0.1) is 17.2 Å². The van der Waals surface area contributed by atoms with Crippen molar-refractivity contribution in [3.8, 4) is 6.07 Å². The van der Waals surface area contributed by atoms with Gasteiger partial charge in [0, 0.05) is 16.7 Å². The van der Waals surface area contributed by atoms with Crippen LogP contribution in [-0.2, 0) is 0 Å². The van der Waals surface area contributed by atoms with E-state index in [1.807, 2.05) is 18.2 Å². The molecule has 0 fully saturated rings. The third-order valence-corrected chi connectivity index (χ3v) is 3.18.